The van der Waals surface area contributed by atoms with Gasteiger partial charge in [-0.3, -0.25) is 9.78 Å². The molecule has 0 saturated carbocycles. The fraction of sp³-hybridized carbons (Fsp3) is 0.0526. The highest BCUT2D eigenvalue weighted by Crippen LogP contribution is 2.18. The second kappa shape index (κ2) is 6.83. The molecule has 0 bridgehead atoms. The number of pyridine rings is 1. The van der Waals surface area contributed by atoms with Crippen LogP contribution in [0.25, 0.3) is 11.1 Å². The number of nitrogens with zero attached hydrogens (tertiary/aromatic N) is 1. The Morgan fingerprint density at radius 1 is 0.957 bits per heavy atom. The maximum Gasteiger partial charge on any atom is 0.270 e. The van der Waals surface area contributed by atoms with Gasteiger partial charge in [0, 0.05) is 12.7 Å². The number of halogens is 1. The summed E-state index contributed by atoms with van der Waals surface area (Å²) in [5.74, 6) is -0.551. The van der Waals surface area contributed by atoms with Crippen molar-refractivity contribution in [3.8, 4) is 11.1 Å². The zero-order valence-electron chi connectivity index (χ0n) is 12.4. The van der Waals surface area contributed by atoms with Gasteiger partial charge in [0.15, 0.2) is 0 Å². The first-order valence-corrected chi connectivity index (χ1v) is 7.26. The van der Waals surface area contributed by atoms with Crippen molar-refractivity contribution >= 4 is 5.91 Å². The molecule has 1 N–H and O–H groups in total. The second-order valence-electron chi connectivity index (χ2n) is 5.10. The number of benzene rings is 2. The van der Waals surface area contributed by atoms with Gasteiger partial charge in [0.05, 0.1) is 0 Å². The highest BCUT2D eigenvalue weighted by Gasteiger charge is 2.08. The quantitative estimate of drug-likeness (QED) is 0.796. The molecule has 3 rings (SSSR count). The number of carbonyl (C=O) groups is 1. The molecule has 0 spiro atoms. The maximum absolute atomic E-state index is 12.9. The van der Waals surface area contributed by atoms with Gasteiger partial charge in [-0.15, -0.1) is 0 Å². The summed E-state index contributed by atoms with van der Waals surface area (Å²) in [6.45, 7) is 0.330. The van der Waals surface area contributed by atoms with Gasteiger partial charge in [-0.05, 0) is 41.0 Å². The Morgan fingerprint density at radius 2 is 1.70 bits per heavy atom. The minimum absolute atomic E-state index is 0.257. The Kier molecular flexibility index (Phi) is 4.43. The number of hydrogen-bond donors (Lipinski definition) is 1. The molecule has 4 heteroatoms. The summed E-state index contributed by atoms with van der Waals surface area (Å²) >= 11 is 0. The second-order valence-corrected chi connectivity index (χ2v) is 5.10. The van der Waals surface area contributed by atoms with Crippen LogP contribution >= 0.6 is 0 Å². The Balaban J connectivity index is 1.71. The van der Waals surface area contributed by atoms with Crippen LogP contribution in [0.3, 0.4) is 0 Å². The number of aromatic nitrogens is 1. The molecule has 0 aliphatic heterocycles. The molecule has 3 aromatic rings. The van der Waals surface area contributed by atoms with Crippen LogP contribution in [0.4, 0.5) is 4.39 Å². The van der Waals surface area contributed by atoms with Crippen molar-refractivity contribution in [3.05, 3.63) is 90.0 Å². The number of carbonyl (C=O) groups excluding carboxylic acids is 1. The molecule has 23 heavy (non-hydrogen) atoms. The Labute approximate surface area is 133 Å². The maximum atomic E-state index is 12.9. The highest BCUT2D eigenvalue weighted by atomic mass is 19.1. The molecule has 2 aromatic carbocycles. The molecule has 0 radical (unpaired) electrons. The largest absolute Gasteiger partial charge is 0.347 e. The first-order chi connectivity index (χ1) is 11.2. The summed E-state index contributed by atoms with van der Waals surface area (Å²) in [5.41, 5.74) is 3.16. The molecule has 3 nitrogen and oxygen atoms in total. The van der Waals surface area contributed by atoms with E-state index in [9.17, 15) is 9.18 Å². The molecule has 1 heterocycles. The van der Waals surface area contributed by atoms with Crippen LogP contribution < -0.4 is 5.32 Å². The standard InChI is InChI=1S/C19H15FN2O/c20-17-8-6-14(7-9-17)13-22-19(23)18-12-16(10-11-21-18)15-4-2-1-3-5-15/h1-12H,13H2,(H,22,23). The first-order valence-electron chi connectivity index (χ1n) is 7.26. The summed E-state index contributed by atoms with van der Waals surface area (Å²) in [5, 5.41) is 2.79. The molecule has 114 valence electrons. The third kappa shape index (κ3) is 3.80. The normalized spacial score (nSPS) is 10.3. The third-order valence-corrected chi connectivity index (χ3v) is 3.47. The van der Waals surface area contributed by atoms with E-state index in [0.717, 1.165) is 16.7 Å². The SMILES string of the molecule is O=C(NCc1ccc(F)cc1)c1cc(-c2ccccc2)ccn1. The van der Waals surface area contributed by atoms with Crippen molar-refractivity contribution in [2.75, 3.05) is 0 Å². The molecule has 0 unspecified atom stereocenters. The van der Waals surface area contributed by atoms with E-state index < -0.39 is 0 Å². The highest BCUT2D eigenvalue weighted by molar-refractivity contribution is 5.93. The zero-order chi connectivity index (χ0) is 16.1. The van der Waals surface area contributed by atoms with Crippen LogP contribution in [-0.2, 0) is 6.54 Å². The lowest BCUT2D eigenvalue weighted by atomic mass is 10.1. The molecule has 0 aliphatic carbocycles. The number of rotatable bonds is 4. The minimum atomic E-state index is -0.294. The number of hydrogen-bond acceptors (Lipinski definition) is 2. The molecule has 1 amide bonds. The Bertz CT molecular complexity index is 801. The van der Waals surface area contributed by atoms with Crippen molar-refractivity contribution in [1.82, 2.24) is 10.3 Å². The molecule has 0 saturated heterocycles. The van der Waals surface area contributed by atoms with E-state index in [0.29, 0.717) is 12.2 Å². The van der Waals surface area contributed by atoms with Gasteiger partial charge in [-0.2, -0.15) is 0 Å². The molecular weight excluding hydrogens is 291 g/mol. The van der Waals surface area contributed by atoms with E-state index in [4.69, 9.17) is 0 Å². The van der Waals surface area contributed by atoms with Crippen molar-refractivity contribution in [2.24, 2.45) is 0 Å². The van der Waals surface area contributed by atoms with Crippen molar-refractivity contribution in [2.45, 2.75) is 6.54 Å². The van der Waals surface area contributed by atoms with Crippen LogP contribution in [0.15, 0.2) is 72.9 Å². The van der Waals surface area contributed by atoms with Crippen LogP contribution in [0, 0.1) is 5.82 Å². The number of amides is 1. The average Bonchev–Trinajstić information content (AvgIpc) is 2.62. The monoisotopic (exact) mass is 306 g/mol. The lowest BCUT2D eigenvalue weighted by molar-refractivity contribution is 0.0946. The zero-order valence-corrected chi connectivity index (χ0v) is 12.4. The van der Waals surface area contributed by atoms with Crippen molar-refractivity contribution < 1.29 is 9.18 Å². The summed E-state index contributed by atoms with van der Waals surface area (Å²) in [4.78, 5) is 16.3. The Morgan fingerprint density at radius 3 is 2.43 bits per heavy atom. The van der Waals surface area contributed by atoms with Crippen LogP contribution in [-0.4, -0.2) is 10.9 Å². The lowest BCUT2D eigenvalue weighted by Crippen LogP contribution is -2.23. The van der Waals surface area contributed by atoms with Gasteiger partial charge in [-0.25, -0.2) is 4.39 Å². The molecular formula is C19H15FN2O. The van der Waals surface area contributed by atoms with Crippen LogP contribution in [0.5, 0.6) is 0 Å². The van der Waals surface area contributed by atoms with E-state index in [-0.39, 0.29) is 11.7 Å². The predicted molar refractivity (Wildman–Crippen MR) is 87.2 cm³/mol. The van der Waals surface area contributed by atoms with E-state index in [2.05, 4.69) is 10.3 Å². The van der Waals surface area contributed by atoms with Crippen molar-refractivity contribution in [1.29, 1.82) is 0 Å². The third-order valence-electron chi connectivity index (χ3n) is 3.47. The van der Waals surface area contributed by atoms with E-state index in [1.165, 1.54) is 12.1 Å². The predicted octanol–water partition coefficient (Wildman–Crippen LogP) is 3.82. The van der Waals surface area contributed by atoms with Gasteiger partial charge < -0.3 is 5.32 Å². The van der Waals surface area contributed by atoms with Gasteiger partial charge in [0.2, 0.25) is 0 Å². The molecule has 1 aromatic heterocycles. The molecule has 0 aliphatic rings. The van der Waals surface area contributed by atoms with Crippen molar-refractivity contribution in [3.63, 3.8) is 0 Å². The van der Waals surface area contributed by atoms with Gasteiger partial charge in [0.25, 0.3) is 5.91 Å². The summed E-state index contributed by atoms with van der Waals surface area (Å²) in [6, 6.07) is 19.5. The summed E-state index contributed by atoms with van der Waals surface area (Å²) in [7, 11) is 0. The smallest absolute Gasteiger partial charge is 0.270 e. The fourth-order valence-corrected chi connectivity index (χ4v) is 2.24. The topological polar surface area (TPSA) is 42.0 Å². The van der Waals surface area contributed by atoms with Gasteiger partial charge in [0.1, 0.15) is 11.5 Å². The summed E-state index contributed by atoms with van der Waals surface area (Å²) in [6.07, 6.45) is 1.62. The lowest BCUT2D eigenvalue weighted by Gasteiger charge is -2.07. The van der Waals surface area contributed by atoms with E-state index >= 15 is 0 Å². The van der Waals surface area contributed by atoms with Crippen LogP contribution in [0.2, 0.25) is 0 Å². The van der Waals surface area contributed by atoms with Gasteiger partial charge >= 0.3 is 0 Å². The van der Waals surface area contributed by atoms with Gasteiger partial charge in [-0.1, -0.05) is 42.5 Å². The fourth-order valence-electron chi connectivity index (χ4n) is 2.24. The first kappa shape index (κ1) is 14.9. The van der Waals surface area contributed by atoms with E-state index in [1.54, 1.807) is 24.4 Å². The van der Waals surface area contributed by atoms with E-state index in [1.807, 2.05) is 36.4 Å². The minimum Gasteiger partial charge on any atom is -0.347 e. The summed E-state index contributed by atoms with van der Waals surface area (Å²) < 4.78 is 12.9. The molecule has 0 atom stereocenters. The Hall–Kier alpha value is -3.01. The molecule has 0 fully saturated rings. The van der Waals surface area contributed by atoms with Crippen LogP contribution in [0.1, 0.15) is 16.1 Å². The average molecular weight is 306 g/mol. The number of nitrogens with one attached hydrogen (secondary N) is 1.